The van der Waals surface area contributed by atoms with E-state index in [9.17, 15) is 14.7 Å². The summed E-state index contributed by atoms with van der Waals surface area (Å²) in [7, 11) is 0. The van der Waals surface area contributed by atoms with Gasteiger partial charge in [0.05, 0.1) is 11.8 Å². The molecule has 0 aromatic carbocycles. The third-order valence-corrected chi connectivity index (χ3v) is 3.95. The third kappa shape index (κ3) is 2.30. The molecule has 8 nitrogen and oxygen atoms in total. The lowest BCUT2D eigenvalue weighted by Crippen LogP contribution is -2.36. The minimum atomic E-state index is -0.975. The molecule has 1 aliphatic rings. The smallest absolute Gasteiger partial charge is 0.321 e. The Morgan fingerprint density at radius 3 is 3.10 bits per heavy atom. The molecule has 3 heterocycles. The van der Waals surface area contributed by atoms with Crippen molar-refractivity contribution < 1.29 is 15.0 Å². The largest absolute Gasteiger partial charge is 0.480 e. The van der Waals surface area contributed by atoms with Crippen LogP contribution in [0.25, 0.3) is 4.96 Å². The molecule has 2 unspecified atom stereocenters. The van der Waals surface area contributed by atoms with Crippen molar-refractivity contribution >= 4 is 22.3 Å². The van der Waals surface area contributed by atoms with E-state index in [4.69, 9.17) is 5.11 Å². The van der Waals surface area contributed by atoms with Gasteiger partial charge in [-0.25, -0.2) is 4.98 Å². The highest BCUT2D eigenvalue weighted by Gasteiger charge is 2.36. The van der Waals surface area contributed by atoms with Crippen LogP contribution in [0.3, 0.4) is 0 Å². The van der Waals surface area contributed by atoms with Crippen LogP contribution in [-0.4, -0.2) is 54.4 Å². The molecule has 1 aliphatic heterocycles. The summed E-state index contributed by atoms with van der Waals surface area (Å²) in [6, 6.07) is 0.600. The zero-order chi connectivity index (χ0) is 14.3. The number of aliphatic hydroxyl groups excluding tert-OH is 1. The average molecular weight is 296 g/mol. The average Bonchev–Trinajstić information content (AvgIpc) is 2.96. The third-order valence-electron chi connectivity index (χ3n) is 3.27. The lowest BCUT2D eigenvalue weighted by Gasteiger charge is -2.19. The second kappa shape index (κ2) is 4.93. The summed E-state index contributed by atoms with van der Waals surface area (Å²) in [5.41, 5.74) is 1.71. The molecule has 2 aromatic heterocycles. The van der Waals surface area contributed by atoms with Crippen molar-refractivity contribution in [2.75, 3.05) is 6.54 Å². The predicted octanol–water partition coefficient (Wildman–Crippen LogP) is -0.829. The highest BCUT2D eigenvalue weighted by atomic mass is 32.1. The summed E-state index contributed by atoms with van der Waals surface area (Å²) >= 11 is 1.24. The minimum Gasteiger partial charge on any atom is -0.480 e. The Balaban J connectivity index is 1.88. The van der Waals surface area contributed by atoms with Gasteiger partial charge in [-0.15, -0.1) is 0 Å². The summed E-state index contributed by atoms with van der Waals surface area (Å²) in [4.78, 5) is 29.3. The Morgan fingerprint density at radius 2 is 2.35 bits per heavy atom. The van der Waals surface area contributed by atoms with Crippen molar-refractivity contribution in [3.8, 4) is 0 Å². The minimum absolute atomic E-state index is 0.192. The van der Waals surface area contributed by atoms with Gasteiger partial charge in [-0.05, 0) is 0 Å². The van der Waals surface area contributed by atoms with Gasteiger partial charge in [0.15, 0.2) is 0 Å². The SMILES string of the molecule is O=C(O)C1CC(O)CN1Cc1cc(=O)n2ncsc2n1. The van der Waals surface area contributed by atoms with E-state index in [1.54, 1.807) is 4.90 Å². The van der Waals surface area contributed by atoms with Gasteiger partial charge in [0.1, 0.15) is 11.6 Å². The van der Waals surface area contributed by atoms with Gasteiger partial charge in [0.25, 0.3) is 5.56 Å². The molecule has 2 atom stereocenters. The number of fused-ring (bicyclic) bond motifs is 1. The standard InChI is InChI=1S/C11H12N4O4S/c16-7-2-8(10(18)19)14(4-7)3-6-1-9(17)15-11(13-6)20-5-12-15/h1,5,7-8,16H,2-4H2,(H,18,19). The first-order chi connectivity index (χ1) is 9.54. The molecule has 0 saturated carbocycles. The van der Waals surface area contributed by atoms with E-state index in [1.807, 2.05) is 0 Å². The number of aliphatic hydroxyl groups is 1. The van der Waals surface area contributed by atoms with E-state index in [2.05, 4.69) is 10.1 Å². The van der Waals surface area contributed by atoms with Crippen LogP contribution in [0.15, 0.2) is 16.4 Å². The van der Waals surface area contributed by atoms with Gasteiger partial charge in [-0.2, -0.15) is 9.61 Å². The first-order valence-electron chi connectivity index (χ1n) is 6.02. The Kier molecular flexibility index (Phi) is 3.24. The number of likely N-dealkylation sites (tertiary alicyclic amines) is 1. The molecule has 1 saturated heterocycles. The Bertz CT molecular complexity index is 712. The second-order valence-electron chi connectivity index (χ2n) is 4.69. The molecular formula is C11H12N4O4S. The molecule has 0 spiro atoms. The quantitative estimate of drug-likeness (QED) is 0.761. The van der Waals surface area contributed by atoms with E-state index in [-0.39, 0.29) is 25.1 Å². The van der Waals surface area contributed by atoms with Crippen LogP contribution in [0.1, 0.15) is 12.1 Å². The highest BCUT2D eigenvalue weighted by Crippen LogP contribution is 2.20. The first-order valence-corrected chi connectivity index (χ1v) is 6.90. The van der Waals surface area contributed by atoms with Gasteiger partial charge in [0.2, 0.25) is 4.96 Å². The van der Waals surface area contributed by atoms with Crippen molar-refractivity contribution in [2.45, 2.75) is 25.1 Å². The molecule has 3 rings (SSSR count). The molecule has 0 amide bonds. The normalized spacial score (nSPS) is 23.4. The van der Waals surface area contributed by atoms with Crippen molar-refractivity contribution in [3.05, 3.63) is 27.6 Å². The van der Waals surface area contributed by atoms with Crippen molar-refractivity contribution in [1.82, 2.24) is 19.5 Å². The number of rotatable bonds is 3. The van der Waals surface area contributed by atoms with Crippen molar-refractivity contribution in [3.63, 3.8) is 0 Å². The van der Waals surface area contributed by atoms with Crippen LogP contribution in [0.4, 0.5) is 0 Å². The van der Waals surface area contributed by atoms with Gasteiger partial charge in [-0.3, -0.25) is 14.5 Å². The molecule has 2 N–H and O–H groups in total. The van der Waals surface area contributed by atoms with Gasteiger partial charge >= 0.3 is 5.97 Å². The number of aromatic nitrogens is 3. The highest BCUT2D eigenvalue weighted by molar-refractivity contribution is 7.14. The van der Waals surface area contributed by atoms with E-state index < -0.39 is 18.1 Å². The van der Waals surface area contributed by atoms with E-state index in [0.29, 0.717) is 10.7 Å². The summed E-state index contributed by atoms with van der Waals surface area (Å²) in [5.74, 6) is -0.975. The molecular weight excluding hydrogens is 284 g/mol. The fourth-order valence-electron chi connectivity index (χ4n) is 2.40. The Hall–Kier alpha value is -1.84. The number of hydrogen-bond donors (Lipinski definition) is 2. The van der Waals surface area contributed by atoms with Crippen LogP contribution in [0, 0.1) is 0 Å². The molecule has 106 valence electrons. The number of carboxylic acid groups (broad SMARTS) is 1. The van der Waals surface area contributed by atoms with Crippen LogP contribution in [0.5, 0.6) is 0 Å². The summed E-state index contributed by atoms with van der Waals surface area (Å²) in [6.45, 7) is 0.484. The van der Waals surface area contributed by atoms with Crippen molar-refractivity contribution in [1.29, 1.82) is 0 Å². The fourth-order valence-corrected chi connectivity index (χ4v) is 3.04. The molecule has 0 aliphatic carbocycles. The fraction of sp³-hybridized carbons (Fsp3) is 0.455. The van der Waals surface area contributed by atoms with Crippen LogP contribution < -0.4 is 5.56 Å². The first kappa shape index (κ1) is 13.2. The molecule has 9 heteroatoms. The van der Waals surface area contributed by atoms with Gasteiger partial charge < -0.3 is 10.2 Å². The zero-order valence-electron chi connectivity index (χ0n) is 10.3. The van der Waals surface area contributed by atoms with E-state index in [1.165, 1.54) is 27.4 Å². The number of carboxylic acids is 1. The topological polar surface area (TPSA) is 108 Å². The maximum atomic E-state index is 11.8. The van der Waals surface area contributed by atoms with Gasteiger partial charge in [-0.1, -0.05) is 11.3 Å². The van der Waals surface area contributed by atoms with E-state index >= 15 is 0 Å². The summed E-state index contributed by atoms with van der Waals surface area (Å²) < 4.78 is 1.20. The molecule has 20 heavy (non-hydrogen) atoms. The summed E-state index contributed by atoms with van der Waals surface area (Å²) in [5, 5.41) is 22.6. The molecule has 2 aromatic rings. The predicted molar refractivity (Wildman–Crippen MR) is 69.6 cm³/mol. The maximum absolute atomic E-state index is 11.8. The number of hydrogen-bond acceptors (Lipinski definition) is 7. The number of β-amino-alcohol motifs (C(OH)–C–C–N with tert-alkyl or cyclic N) is 1. The second-order valence-corrected chi connectivity index (χ2v) is 5.50. The van der Waals surface area contributed by atoms with Gasteiger partial charge in [0, 0.05) is 25.6 Å². The maximum Gasteiger partial charge on any atom is 0.321 e. The lowest BCUT2D eigenvalue weighted by atomic mass is 10.2. The van der Waals surface area contributed by atoms with Crippen LogP contribution >= 0.6 is 11.3 Å². The van der Waals surface area contributed by atoms with E-state index in [0.717, 1.165) is 0 Å². The number of aliphatic carboxylic acids is 1. The van der Waals surface area contributed by atoms with Crippen LogP contribution in [-0.2, 0) is 11.3 Å². The van der Waals surface area contributed by atoms with Crippen molar-refractivity contribution in [2.24, 2.45) is 0 Å². The zero-order valence-corrected chi connectivity index (χ0v) is 11.2. The Labute approximate surface area is 116 Å². The summed E-state index contributed by atoms with van der Waals surface area (Å²) in [6.07, 6.45) is -0.471. The molecule has 1 fully saturated rings. The monoisotopic (exact) mass is 296 g/mol. The van der Waals surface area contributed by atoms with Crippen LogP contribution in [0.2, 0.25) is 0 Å². The molecule has 0 radical (unpaired) electrons. The Morgan fingerprint density at radius 1 is 1.55 bits per heavy atom. The lowest BCUT2D eigenvalue weighted by molar-refractivity contribution is -0.142. The number of nitrogens with zero attached hydrogens (tertiary/aromatic N) is 4. The molecule has 0 bridgehead atoms. The number of carbonyl (C=O) groups is 1.